The Morgan fingerprint density at radius 3 is 2.79 bits per heavy atom. The normalized spacial score (nSPS) is 21.4. The van der Waals surface area contributed by atoms with Crippen LogP contribution in [0.3, 0.4) is 0 Å². The molecule has 1 saturated carbocycles. The number of likely N-dealkylation sites (N-methyl/N-ethyl adjacent to an activating group) is 1. The highest BCUT2D eigenvalue weighted by molar-refractivity contribution is 5.86. The molecule has 2 atom stereocenters. The van der Waals surface area contributed by atoms with Crippen LogP contribution in [0.1, 0.15) is 38.3 Å². The van der Waals surface area contributed by atoms with E-state index in [-0.39, 0.29) is 12.5 Å². The Bertz CT molecular complexity index is 565. The SMILES string of the molecule is CC1CCCCC1NC(=NCc1ccn(C)n1)NCC(=O)N(C)C. The molecular formula is C17H30N6O. The second kappa shape index (κ2) is 8.70. The number of hydrogen-bond acceptors (Lipinski definition) is 3. The van der Waals surface area contributed by atoms with Crippen molar-refractivity contribution in [3.63, 3.8) is 0 Å². The number of aliphatic imine (C=N–C) groups is 1. The first-order valence-electron chi connectivity index (χ1n) is 8.69. The van der Waals surface area contributed by atoms with Crippen molar-refractivity contribution >= 4 is 11.9 Å². The van der Waals surface area contributed by atoms with E-state index in [0.29, 0.717) is 24.5 Å². The molecule has 0 aromatic carbocycles. The summed E-state index contributed by atoms with van der Waals surface area (Å²) < 4.78 is 1.77. The fourth-order valence-corrected chi connectivity index (χ4v) is 2.88. The van der Waals surface area contributed by atoms with E-state index in [1.165, 1.54) is 19.3 Å². The maximum absolute atomic E-state index is 11.8. The molecule has 2 unspecified atom stereocenters. The molecule has 0 bridgehead atoms. The van der Waals surface area contributed by atoms with Crippen LogP contribution >= 0.6 is 0 Å². The predicted molar refractivity (Wildman–Crippen MR) is 95.6 cm³/mol. The quantitative estimate of drug-likeness (QED) is 0.625. The number of aromatic nitrogens is 2. The van der Waals surface area contributed by atoms with Crippen molar-refractivity contribution < 1.29 is 4.79 Å². The summed E-state index contributed by atoms with van der Waals surface area (Å²) in [5.74, 6) is 1.33. The highest BCUT2D eigenvalue weighted by Gasteiger charge is 2.22. The second-order valence-corrected chi connectivity index (χ2v) is 6.80. The van der Waals surface area contributed by atoms with E-state index < -0.39 is 0 Å². The van der Waals surface area contributed by atoms with E-state index in [1.54, 1.807) is 23.7 Å². The third-order valence-electron chi connectivity index (χ3n) is 4.51. The number of aryl methyl sites for hydroxylation is 1. The van der Waals surface area contributed by atoms with Gasteiger partial charge >= 0.3 is 0 Å². The molecule has 1 aliphatic carbocycles. The zero-order chi connectivity index (χ0) is 17.5. The molecule has 1 fully saturated rings. The Kier molecular flexibility index (Phi) is 6.63. The summed E-state index contributed by atoms with van der Waals surface area (Å²) >= 11 is 0. The van der Waals surface area contributed by atoms with Gasteiger partial charge in [-0.3, -0.25) is 9.48 Å². The summed E-state index contributed by atoms with van der Waals surface area (Å²) in [4.78, 5) is 18.0. The van der Waals surface area contributed by atoms with Crippen LogP contribution in [0.5, 0.6) is 0 Å². The van der Waals surface area contributed by atoms with E-state index >= 15 is 0 Å². The van der Waals surface area contributed by atoms with Crippen LogP contribution in [0.25, 0.3) is 0 Å². The van der Waals surface area contributed by atoms with Gasteiger partial charge in [0.15, 0.2) is 5.96 Å². The average molecular weight is 334 g/mol. The lowest BCUT2D eigenvalue weighted by atomic mass is 9.86. The molecule has 2 N–H and O–H groups in total. The lowest BCUT2D eigenvalue weighted by molar-refractivity contribution is -0.127. The maximum Gasteiger partial charge on any atom is 0.241 e. The summed E-state index contributed by atoms with van der Waals surface area (Å²) in [6, 6.07) is 2.36. The van der Waals surface area contributed by atoms with Crippen molar-refractivity contribution in [1.29, 1.82) is 0 Å². The van der Waals surface area contributed by atoms with Gasteiger partial charge in [-0.15, -0.1) is 0 Å². The molecule has 7 heteroatoms. The Balaban J connectivity index is 2.00. The van der Waals surface area contributed by atoms with Crippen LogP contribution < -0.4 is 10.6 Å². The fraction of sp³-hybridized carbons (Fsp3) is 0.706. The highest BCUT2D eigenvalue weighted by atomic mass is 16.2. The van der Waals surface area contributed by atoms with Crippen molar-refractivity contribution in [2.24, 2.45) is 18.0 Å². The molecule has 0 aliphatic heterocycles. The summed E-state index contributed by atoms with van der Waals surface area (Å²) in [5.41, 5.74) is 0.911. The number of amides is 1. The van der Waals surface area contributed by atoms with Gasteiger partial charge in [-0.25, -0.2) is 4.99 Å². The molecule has 0 radical (unpaired) electrons. The minimum absolute atomic E-state index is 0.0269. The number of rotatable bonds is 5. The van der Waals surface area contributed by atoms with Gasteiger partial charge in [-0.05, 0) is 24.8 Å². The number of nitrogens with one attached hydrogen (secondary N) is 2. The molecule has 1 aromatic heterocycles. The average Bonchev–Trinajstić information content (AvgIpc) is 2.97. The Labute approximate surface area is 144 Å². The van der Waals surface area contributed by atoms with Crippen molar-refractivity contribution in [3.05, 3.63) is 18.0 Å². The van der Waals surface area contributed by atoms with Gasteiger partial charge in [0.1, 0.15) is 0 Å². The van der Waals surface area contributed by atoms with Gasteiger partial charge in [-0.1, -0.05) is 19.8 Å². The van der Waals surface area contributed by atoms with Gasteiger partial charge in [0, 0.05) is 33.4 Å². The number of nitrogens with zero attached hydrogens (tertiary/aromatic N) is 4. The van der Waals surface area contributed by atoms with E-state index in [2.05, 4.69) is 27.6 Å². The Morgan fingerprint density at radius 2 is 2.17 bits per heavy atom. The number of hydrogen-bond donors (Lipinski definition) is 2. The third kappa shape index (κ3) is 5.54. The molecule has 0 spiro atoms. The number of guanidine groups is 1. The smallest absolute Gasteiger partial charge is 0.241 e. The van der Waals surface area contributed by atoms with E-state index in [1.807, 2.05) is 19.3 Å². The second-order valence-electron chi connectivity index (χ2n) is 6.80. The van der Waals surface area contributed by atoms with Crippen LogP contribution in [0.4, 0.5) is 0 Å². The maximum atomic E-state index is 11.8. The summed E-state index contributed by atoms with van der Waals surface area (Å²) in [6.45, 7) is 3.01. The third-order valence-corrected chi connectivity index (χ3v) is 4.51. The van der Waals surface area contributed by atoms with E-state index in [9.17, 15) is 4.79 Å². The summed E-state index contributed by atoms with van der Waals surface area (Å²) in [6.07, 6.45) is 6.83. The van der Waals surface area contributed by atoms with Crippen LogP contribution in [0, 0.1) is 5.92 Å². The molecule has 0 saturated heterocycles. The minimum Gasteiger partial charge on any atom is -0.353 e. The van der Waals surface area contributed by atoms with Gasteiger partial charge < -0.3 is 15.5 Å². The summed E-state index contributed by atoms with van der Waals surface area (Å²) in [7, 11) is 5.40. The molecule has 134 valence electrons. The topological polar surface area (TPSA) is 74.5 Å². The number of carbonyl (C=O) groups is 1. The predicted octanol–water partition coefficient (Wildman–Crippen LogP) is 1.12. The molecule has 2 rings (SSSR count). The van der Waals surface area contributed by atoms with E-state index in [0.717, 1.165) is 12.1 Å². The molecule has 1 amide bonds. The molecule has 1 aromatic rings. The first-order valence-corrected chi connectivity index (χ1v) is 8.69. The summed E-state index contributed by atoms with van der Waals surface area (Å²) in [5, 5.41) is 11.0. The molecule has 24 heavy (non-hydrogen) atoms. The molecule has 1 aliphatic rings. The van der Waals surface area contributed by atoms with Gasteiger partial charge in [-0.2, -0.15) is 5.10 Å². The van der Waals surface area contributed by atoms with Crippen LogP contribution in [-0.4, -0.2) is 53.2 Å². The lowest BCUT2D eigenvalue weighted by Gasteiger charge is -2.31. The zero-order valence-corrected chi connectivity index (χ0v) is 15.2. The first kappa shape index (κ1) is 18.3. The number of carbonyl (C=O) groups excluding carboxylic acids is 1. The van der Waals surface area contributed by atoms with Crippen molar-refractivity contribution in [2.45, 2.75) is 45.2 Å². The molecule has 1 heterocycles. The first-order chi connectivity index (χ1) is 11.5. The van der Waals surface area contributed by atoms with Crippen molar-refractivity contribution in [2.75, 3.05) is 20.6 Å². The molecular weight excluding hydrogens is 304 g/mol. The van der Waals surface area contributed by atoms with Gasteiger partial charge in [0.2, 0.25) is 5.91 Å². The van der Waals surface area contributed by atoms with E-state index in [4.69, 9.17) is 0 Å². The standard InChI is InChI=1S/C17H30N6O/c1-13-7-5-6-8-15(13)20-17(19-12-16(24)22(2)3)18-11-14-9-10-23(4)21-14/h9-10,13,15H,5-8,11-12H2,1-4H3,(H2,18,19,20). The molecule has 7 nitrogen and oxygen atoms in total. The largest absolute Gasteiger partial charge is 0.353 e. The van der Waals surface area contributed by atoms with Gasteiger partial charge in [0.25, 0.3) is 0 Å². The van der Waals surface area contributed by atoms with Crippen LogP contribution in [-0.2, 0) is 18.4 Å². The van der Waals surface area contributed by atoms with Gasteiger partial charge in [0.05, 0.1) is 18.8 Å². The minimum atomic E-state index is 0.0269. The highest BCUT2D eigenvalue weighted by Crippen LogP contribution is 2.23. The lowest BCUT2D eigenvalue weighted by Crippen LogP contribution is -2.49. The fourth-order valence-electron chi connectivity index (χ4n) is 2.88. The van der Waals surface area contributed by atoms with Crippen LogP contribution in [0.2, 0.25) is 0 Å². The Morgan fingerprint density at radius 1 is 1.42 bits per heavy atom. The zero-order valence-electron chi connectivity index (χ0n) is 15.2. The van der Waals surface area contributed by atoms with Crippen molar-refractivity contribution in [1.82, 2.24) is 25.3 Å². The Hall–Kier alpha value is -2.05. The van der Waals surface area contributed by atoms with Crippen LogP contribution in [0.15, 0.2) is 17.3 Å². The monoisotopic (exact) mass is 334 g/mol. The van der Waals surface area contributed by atoms with Crippen molar-refractivity contribution in [3.8, 4) is 0 Å².